The van der Waals surface area contributed by atoms with Crippen LogP contribution in [0.3, 0.4) is 0 Å². The number of halogens is 1. The van der Waals surface area contributed by atoms with Gasteiger partial charge in [-0.05, 0) is 0 Å². The number of hydrogen-bond donors (Lipinski definition) is 2. The molecule has 0 saturated carbocycles. The SMILES string of the molecule is COc1cc(Cl)c(O)c(CON)c1OC. The topological polar surface area (TPSA) is 73.9 Å². The van der Waals surface area contributed by atoms with Crippen LogP contribution in [-0.4, -0.2) is 19.3 Å². The number of nitrogens with two attached hydrogens (primary N) is 1. The Balaban J connectivity index is 3.35. The molecule has 3 N–H and O–H groups in total. The van der Waals surface area contributed by atoms with Crippen molar-refractivity contribution >= 4 is 11.6 Å². The minimum absolute atomic E-state index is 0.0219. The predicted octanol–water partition coefficient (Wildman–Crippen LogP) is 1.45. The first-order valence-corrected chi connectivity index (χ1v) is 4.47. The van der Waals surface area contributed by atoms with E-state index in [4.69, 9.17) is 27.0 Å². The molecule has 5 nitrogen and oxygen atoms in total. The highest BCUT2D eigenvalue weighted by Crippen LogP contribution is 2.42. The van der Waals surface area contributed by atoms with Gasteiger partial charge in [-0.2, -0.15) is 0 Å². The van der Waals surface area contributed by atoms with Crippen LogP contribution >= 0.6 is 11.6 Å². The summed E-state index contributed by atoms with van der Waals surface area (Å²) in [6.45, 7) is -0.0219. The fourth-order valence-corrected chi connectivity index (χ4v) is 1.46. The molecule has 0 unspecified atom stereocenters. The van der Waals surface area contributed by atoms with Gasteiger partial charge in [0.1, 0.15) is 12.4 Å². The Labute approximate surface area is 92.3 Å². The van der Waals surface area contributed by atoms with Crippen molar-refractivity contribution in [3.63, 3.8) is 0 Å². The number of rotatable bonds is 4. The average Bonchev–Trinajstić information content (AvgIpc) is 2.24. The highest BCUT2D eigenvalue weighted by Gasteiger charge is 2.18. The summed E-state index contributed by atoms with van der Waals surface area (Å²) < 4.78 is 10.1. The van der Waals surface area contributed by atoms with E-state index in [2.05, 4.69) is 4.84 Å². The highest BCUT2D eigenvalue weighted by atomic mass is 35.5. The van der Waals surface area contributed by atoms with Gasteiger partial charge in [-0.3, -0.25) is 4.84 Å². The first kappa shape index (κ1) is 11.9. The molecule has 0 aliphatic carbocycles. The summed E-state index contributed by atoms with van der Waals surface area (Å²) in [5.74, 6) is 5.58. The minimum atomic E-state index is -0.125. The fraction of sp³-hybridized carbons (Fsp3) is 0.333. The first-order chi connectivity index (χ1) is 7.15. The standard InChI is InChI=1S/C9H12ClNO4/c1-13-7-3-6(10)8(12)5(4-15-11)9(7)14-2/h3,12H,4,11H2,1-2H3. The maximum Gasteiger partial charge on any atom is 0.170 e. The Kier molecular flexibility index (Phi) is 4.02. The van der Waals surface area contributed by atoms with Crippen molar-refractivity contribution in [3.8, 4) is 17.2 Å². The monoisotopic (exact) mass is 233 g/mol. The van der Waals surface area contributed by atoms with Crippen molar-refractivity contribution in [2.75, 3.05) is 14.2 Å². The van der Waals surface area contributed by atoms with E-state index in [0.29, 0.717) is 17.1 Å². The average molecular weight is 234 g/mol. The number of phenols is 1. The van der Waals surface area contributed by atoms with Crippen molar-refractivity contribution in [1.29, 1.82) is 0 Å². The lowest BCUT2D eigenvalue weighted by Crippen LogP contribution is -2.03. The minimum Gasteiger partial charge on any atom is -0.506 e. The number of aromatic hydroxyl groups is 1. The molecule has 84 valence electrons. The van der Waals surface area contributed by atoms with Crippen molar-refractivity contribution in [2.45, 2.75) is 6.61 Å². The summed E-state index contributed by atoms with van der Waals surface area (Å²) in [5, 5.41) is 9.81. The summed E-state index contributed by atoms with van der Waals surface area (Å²) in [6, 6.07) is 1.45. The van der Waals surface area contributed by atoms with Gasteiger partial charge in [-0.1, -0.05) is 11.6 Å². The molecule has 0 bridgehead atoms. The van der Waals surface area contributed by atoms with Crippen LogP contribution in [0.1, 0.15) is 5.56 Å². The highest BCUT2D eigenvalue weighted by molar-refractivity contribution is 6.32. The Hall–Kier alpha value is -1.17. The Bertz CT molecular complexity index is 356. The van der Waals surface area contributed by atoms with E-state index in [0.717, 1.165) is 0 Å². The Morgan fingerprint density at radius 1 is 1.40 bits per heavy atom. The van der Waals surface area contributed by atoms with E-state index in [1.165, 1.54) is 20.3 Å². The molecule has 15 heavy (non-hydrogen) atoms. The molecule has 0 fully saturated rings. The van der Waals surface area contributed by atoms with E-state index in [9.17, 15) is 5.11 Å². The summed E-state index contributed by atoms with van der Waals surface area (Å²) in [7, 11) is 2.92. The normalized spacial score (nSPS) is 10.1. The van der Waals surface area contributed by atoms with Crippen molar-refractivity contribution in [1.82, 2.24) is 0 Å². The van der Waals surface area contributed by atoms with Gasteiger partial charge in [0, 0.05) is 6.07 Å². The number of ether oxygens (including phenoxy) is 2. The summed E-state index contributed by atoms with van der Waals surface area (Å²) in [4.78, 5) is 4.45. The Morgan fingerprint density at radius 3 is 2.53 bits per heavy atom. The van der Waals surface area contributed by atoms with Crippen LogP contribution in [-0.2, 0) is 11.4 Å². The van der Waals surface area contributed by atoms with Gasteiger partial charge < -0.3 is 14.6 Å². The molecule has 0 saturated heterocycles. The van der Waals surface area contributed by atoms with Gasteiger partial charge in [-0.25, -0.2) is 5.90 Å². The van der Waals surface area contributed by atoms with Crippen molar-refractivity contribution < 1.29 is 19.4 Å². The second-order valence-corrected chi connectivity index (χ2v) is 3.14. The molecule has 0 aliphatic rings. The molecule has 1 aromatic carbocycles. The van der Waals surface area contributed by atoms with Crippen LogP contribution in [0, 0.1) is 0 Å². The molecule has 0 aromatic heterocycles. The van der Waals surface area contributed by atoms with Crippen LogP contribution in [0.15, 0.2) is 6.07 Å². The second-order valence-electron chi connectivity index (χ2n) is 2.73. The molecular weight excluding hydrogens is 222 g/mol. The predicted molar refractivity (Wildman–Crippen MR) is 55.2 cm³/mol. The van der Waals surface area contributed by atoms with E-state index < -0.39 is 0 Å². The Morgan fingerprint density at radius 2 is 2.07 bits per heavy atom. The zero-order valence-corrected chi connectivity index (χ0v) is 9.17. The quantitative estimate of drug-likeness (QED) is 0.770. The number of phenolic OH excluding ortho intramolecular Hbond substituents is 1. The zero-order chi connectivity index (χ0) is 11.4. The third-order valence-electron chi connectivity index (χ3n) is 1.92. The van der Waals surface area contributed by atoms with Gasteiger partial charge in [0.05, 0.1) is 24.8 Å². The molecule has 1 aromatic rings. The summed E-state index contributed by atoms with van der Waals surface area (Å²) in [5.41, 5.74) is 0.351. The molecule has 1 rings (SSSR count). The van der Waals surface area contributed by atoms with Gasteiger partial charge in [0.25, 0.3) is 0 Å². The molecule has 0 radical (unpaired) electrons. The summed E-state index contributed by atoms with van der Waals surface area (Å²) in [6.07, 6.45) is 0. The zero-order valence-electron chi connectivity index (χ0n) is 8.41. The third kappa shape index (κ3) is 2.26. The van der Waals surface area contributed by atoms with E-state index in [-0.39, 0.29) is 17.4 Å². The van der Waals surface area contributed by atoms with Gasteiger partial charge in [0.15, 0.2) is 11.5 Å². The fourth-order valence-electron chi connectivity index (χ4n) is 1.24. The van der Waals surface area contributed by atoms with Crippen LogP contribution in [0.5, 0.6) is 17.2 Å². The summed E-state index contributed by atoms with van der Waals surface area (Å²) >= 11 is 5.78. The largest absolute Gasteiger partial charge is 0.506 e. The van der Waals surface area contributed by atoms with Gasteiger partial charge in [-0.15, -0.1) is 0 Å². The maximum atomic E-state index is 9.66. The van der Waals surface area contributed by atoms with Gasteiger partial charge in [0.2, 0.25) is 0 Å². The van der Waals surface area contributed by atoms with E-state index in [1.54, 1.807) is 0 Å². The molecule has 0 atom stereocenters. The molecular formula is C9H12ClNO4. The maximum absolute atomic E-state index is 9.66. The lowest BCUT2D eigenvalue weighted by molar-refractivity contribution is 0.119. The number of benzene rings is 1. The van der Waals surface area contributed by atoms with Crippen LogP contribution in [0.2, 0.25) is 5.02 Å². The van der Waals surface area contributed by atoms with E-state index >= 15 is 0 Å². The van der Waals surface area contributed by atoms with Crippen LogP contribution < -0.4 is 15.4 Å². The lowest BCUT2D eigenvalue weighted by Gasteiger charge is -2.14. The molecule has 0 amide bonds. The smallest absolute Gasteiger partial charge is 0.170 e. The molecule has 6 heteroatoms. The van der Waals surface area contributed by atoms with Crippen LogP contribution in [0.4, 0.5) is 0 Å². The lowest BCUT2D eigenvalue weighted by atomic mass is 10.1. The van der Waals surface area contributed by atoms with Crippen molar-refractivity contribution in [3.05, 3.63) is 16.7 Å². The molecule has 0 aliphatic heterocycles. The van der Waals surface area contributed by atoms with Crippen molar-refractivity contribution in [2.24, 2.45) is 5.90 Å². The van der Waals surface area contributed by atoms with Gasteiger partial charge >= 0.3 is 0 Å². The first-order valence-electron chi connectivity index (χ1n) is 4.09. The number of methoxy groups -OCH3 is 2. The van der Waals surface area contributed by atoms with Crippen LogP contribution in [0.25, 0.3) is 0 Å². The number of hydrogen-bond acceptors (Lipinski definition) is 5. The molecule has 0 spiro atoms. The second kappa shape index (κ2) is 5.06. The molecule has 0 heterocycles. The third-order valence-corrected chi connectivity index (χ3v) is 2.21. The van der Waals surface area contributed by atoms with E-state index in [1.807, 2.05) is 0 Å².